The van der Waals surface area contributed by atoms with Crippen LogP contribution >= 0.6 is 0 Å². The van der Waals surface area contributed by atoms with Crippen molar-refractivity contribution in [1.82, 2.24) is 10.2 Å². The number of ether oxygens (including phenoxy) is 1. The summed E-state index contributed by atoms with van der Waals surface area (Å²) in [5.41, 5.74) is 4.56. The minimum absolute atomic E-state index is 0.00521. The molecule has 2 amide bonds. The number of nitrogens with zero attached hydrogens (tertiary/aromatic N) is 1. The topological polar surface area (TPSA) is 95.9 Å². The second kappa shape index (κ2) is 11.7. The van der Waals surface area contributed by atoms with E-state index in [0.717, 1.165) is 22.3 Å². The highest BCUT2D eigenvalue weighted by molar-refractivity contribution is 5.86. The van der Waals surface area contributed by atoms with Crippen LogP contribution in [-0.4, -0.2) is 53.2 Å². The summed E-state index contributed by atoms with van der Waals surface area (Å²) in [6.07, 6.45) is 0.923. The minimum atomic E-state index is -0.891. The van der Waals surface area contributed by atoms with Crippen molar-refractivity contribution < 1.29 is 24.2 Å². The van der Waals surface area contributed by atoms with Gasteiger partial charge in [0.1, 0.15) is 12.6 Å². The van der Waals surface area contributed by atoms with Gasteiger partial charge >= 0.3 is 12.1 Å². The Morgan fingerprint density at radius 1 is 1.03 bits per heavy atom. The highest BCUT2D eigenvalue weighted by Crippen LogP contribution is 2.44. The first kappa shape index (κ1) is 25.3. The molecular formula is C27H34N2O5. The number of hydrogen-bond acceptors (Lipinski definition) is 4. The molecule has 1 unspecified atom stereocenters. The van der Waals surface area contributed by atoms with Gasteiger partial charge in [-0.3, -0.25) is 9.59 Å². The molecule has 182 valence electrons. The molecule has 2 N–H and O–H groups in total. The molecule has 0 aliphatic heterocycles. The normalized spacial score (nSPS) is 13.2. The van der Waals surface area contributed by atoms with Crippen LogP contribution in [0.3, 0.4) is 0 Å². The van der Waals surface area contributed by atoms with E-state index in [2.05, 4.69) is 29.6 Å². The number of aliphatic carboxylic acids is 1. The fourth-order valence-corrected chi connectivity index (χ4v) is 4.55. The zero-order valence-corrected chi connectivity index (χ0v) is 20.1. The molecule has 1 aliphatic rings. The first-order valence-corrected chi connectivity index (χ1v) is 12.0. The summed E-state index contributed by atoms with van der Waals surface area (Å²) in [4.78, 5) is 38.4. The number of amides is 2. The number of fused-ring (bicyclic) bond motifs is 3. The lowest BCUT2D eigenvalue weighted by atomic mass is 9.98. The molecular weight excluding hydrogens is 432 g/mol. The average molecular weight is 467 g/mol. The van der Waals surface area contributed by atoms with E-state index in [9.17, 15) is 14.4 Å². The summed E-state index contributed by atoms with van der Waals surface area (Å²) in [6, 6.07) is 15.4. The third-order valence-electron chi connectivity index (χ3n) is 6.21. The first-order chi connectivity index (χ1) is 16.3. The molecule has 3 rings (SSSR count). The molecule has 0 aromatic heterocycles. The maximum absolute atomic E-state index is 13.2. The maximum atomic E-state index is 13.2. The second-order valence-electron chi connectivity index (χ2n) is 8.93. The lowest BCUT2D eigenvalue weighted by Gasteiger charge is -2.31. The summed E-state index contributed by atoms with van der Waals surface area (Å²) in [5.74, 6) is -1.16. The van der Waals surface area contributed by atoms with E-state index >= 15 is 0 Å². The van der Waals surface area contributed by atoms with E-state index in [4.69, 9.17) is 9.84 Å². The Morgan fingerprint density at radius 3 is 2.15 bits per heavy atom. The van der Waals surface area contributed by atoms with Crippen molar-refractivity contribution in [3.05, 3.63) is 59.7 Å². The van der Waals surface area contributed by atoms with E-state index in [0.29, 0.717) is 25.8 Å². The lowest BCUT2D eigenvalue weighted by Crippen LogP contribution is -2.51. The standard InChI is InChI=1S/C27H34N2O5/c1-4-10-24(26(32)29(18(2)3)16-9-15-25(30)31)28-27(33)34-17-23-21-13-7-5-11-19(21)20-12-6-8-14-22(20)23/h5-8,11-14,18,23-24H,4,9-10,15-17H2,1-3H3,(H,28,33)(H,30,31). The minimum Gasteiger partial charge on any atom is -0.481 e. The number of benzene rings is 2. The zero-order chi connectivity index (χ0) is 24.7. The SMILES string of the molecule is CCCC(NC(=O)OCC1c2ccccc2-c2ccccc21)C(=O)N(CCCC(=O)O)C(C)C. The van der Waals surface area contributed by atoms with E-state index in [1.165, 1.54) is 0 Å². The first-order valence-electron chi connectivity index (χ1n) is 12.0. The third-order valence-corrected chi connectivity index (χ3v) is 6.21. The summed E-state index contributed by atoms with van der Waals surface area (Å²) >= 11 is 0. The van der Waals surface area contributed by atoms with E-state index in [-0.39, 0.29) is 30.9 Å². The number of nitrogens with one attached hydrogen (secondary N) is 1. The monoisotopic (exact) mass is 466 g/mol. The largest absolute Gasteiger partial charge is 0.481 e. The Kier molecular flexibility index (Phi) is 8.68. The van der Waals surface area contributed by atoms with Crippen LogP contribution in [0.5, 0.6) is 0 Å². The predicted octanol–water partition coefficient (Wildman–Crippen LogP) is 4.80. The van der Waals surface area contributed by atoms with Crippen molar-refractivity contribution in [1.29, 1.82) is 0 Å². The van der Waals surface area contributed by atoms with Gasteiger partial charge in [-0.25, -0.2) is 4.79 Å². The number of carboxylic acid groups (broad SMARTS) is 1. The Balaban J connectivity index is 1.65. The fourth-order valence-electron chi connectivity index (χ4n) is 4.55. The molecule has 7 heteroatoms. The predicted molar refractivity (Wildman–Crippen MR) is 131 cm³/mol. The molecule has 0 radical (unpaired) electrons. The van der Waals surface area contributed by atoms with Gasteiger partial charge in [0.2, 0.25) is 5.91 Å². The Labute approximate surface area is 201 Å². The van der Waals surface area contributed by atoms with Crippen molar-refractivity contribution in [2.45, 2.75) is 64.5 Å². The second-order valence-corrected chi connectivity index (χ2v) is 8.93. The van der Waals surface area contributed by atoms with Crippen LogP contribution in [0.2, 0.25) is 0 Å². The molecule has 0 heterocycles. The number of carboxylic acids is 1. The molecule has 34 heavy (non-hydrogen) atoms. The number of rotatable bonds is 11. The fraction of sp³-hybridized carbons (Fsp3) is 0.444. The summed E-state index contributed by atoms with van der Waals surface area (Å²) in [7, 11) is 0. The smallest absolute Gasteiger partial charge is 0.407 e. The number of alkyl carbamates (subject to hydrolysis) is 1. The average Bonchev–Trinajstić information content (AvgIpc) is 3.13. The van der Waals surface area contributed by atoms with Crippen LogP contribution in [0.4, 0.5) is 4.79 Å². The van der Waals surface area contributed by atoms with Crippen LogP contribution in [0.1, 0.15) is 63.5 Å². The lowest BCUT2D eigenvalue weighted by molar-refractivity contribution is -0.139. The van der Waals surface area contributed by atoms with Crippen LogP contribution in [0, 0.1) is 0 Å². The van der Waals surface area contributed by atoms with Crippen molar-refractivity contribution in [3.8, 4) is 11.1 Å². The number of hydrogen-bond donors (Lipinski definition) is 2. The number of carbonyl (C=O) groups is 3. The molecule has 0 saturated heterocycles. The molecule has 2 aromatic carbocycles. The van der Waals surface area contributed by atoms with Crippen molar-refractivity contribution in [2.24, 2.45) is 0 Å². The molecule has 0 bridgehead atoms. The molecule has 1 aliphatic carbocycles. The number of carbonyl (C=O) groups excluding carboxylic acids is 2. The van der Waals surface area contributed by atoms with Crippen molar-refractivity contribution in [2.75, 3.05) is 13.2 Å². The van der Waals surface area contributed by atoms with Crippen LogP contribution < -0.4 is 5.32 Å². The summed E-state index contributed by atoms with van der Waals surface area (Å²) < 4.78 is 5.62. The molecule has 0 saturated carbocycles. The third kappa shape index (κ3) is 5.95. The van der Waals surface area contributed by atoms with Gasteiger partial charge in [-0.2, -0.15) is 0 Å². The Morgan fingerprint density at radius 2 is 1.62 bits per heavy atom. The quantitative estimate of drug-likeness (QED) is 0.496. The highest BCUT2D eigenvalue weighted by Gasteiger charge is 2.31. The van der Waals surface area contributed by atoms with Gasteiger partial charge < -0.3 is 20.1 Å². The molecule has 2 aromatic rings. The van der Waals surface area contributed by atoms with Gasteiger partial charge in [-0.1, -0.05) is 61.9 Å². The van der Waals surface area contributed by atoms with E-state index in [1.807, 2.05) is 45.0 Å². The maximum Gasteiger partial charge on any atom is 0.407 e. The van der Waals surface area contributed by atoms with Gasteiger partial charge in [0.15, 0.2) is 0 Å². The summed E-state index contributed by atoms with van der Waals surface area (Å²) in [5, 5.41) is 11.7. The molecule has 1 atom stereocenters. The van der Waals surface area contributed by atoms with Crippen molar-refractivity contribution >= 4 is 18.0 Å². The summed E-state index contributed by atoms with van der Waals surface area (Å²) in [6.45, 7) is 6.22. The van der Waals surface area contributed by atoms with Crippen molar-refractivity contribution in [3.63, 3.8) is 0 Å². The van der Waals surface area contributed by atoms with Gasteiger partial charge in [0, 0.05) is 24.9 Å². The Bertz CT molecular complexity index is 974. The van der Waals surface area contributed by atoms with Gasteiger partial charge in [-0.15, -0.1) is 0 Å². The highest BCUT2D eigenvalue weighted by atomic mass is 16.5. The van der Waals surface area contributed by atoms with Gasteiger partial charge in [0.05, 0.1) is 0 Å². The van der Waals surface area contributed by atoms with Crippen LogP contribution in [-0.2, 0) is 14.3 Å². The molecule has 0 spiro atoms. The van der Waals surface area contributed by atoms with Crippen LogP contribution in [0.25, 0.3) is 11.1 Å². The van der Waals surface area contributed by atoms with Crippen LogP contribution in [0.15, 0.2) is 48.5 Å². The zero-order valence-electron chi connectivity index (χ0n) is 20.1. The molecule has 0 fully saturated rings. The van der Waals surface area contributed by atoms with Gasteiger partial charge in [-0.05, 0) is 48.9 Å². The van der Waals surface area contributed by atoms with E-state index in [1.54, 1.807) is 4.90 Å². The van der Waals surface area contributed by atoms with Gasteiger partial charge in [0.25, 0.3) is 0 Å². The van der Waals surface area contributed by atoms with E-state index < -0.39 is 18.1 Å². The molecule has 7 nitrogen and oxygen atoms in total. The Hall–Kier alpha value is -3.35.